The first-order chi connectivity index (χ1) is 11.7. The zero-order chi connectivity index (χ0) is 18.0. The van der Waals surface area contributed by atoms with Crippen molar-refractivity contribution in [1.29, 1.82) is 0 Å². The van der Waals surface area contributed by atoms with Gasteiger partial charge in [0.05, 0.1) is 11.6 Å². The highest BCUT2D eigenvalue weighted by Gasteiger charge is 2.58. The largest absolute Gasteiger partial charge is 0.413 e. The molecule has 0 aromatic heterocycles. The number of carbonyl (C=O) groups excluding carboxylic acids is 1. The smallest absolute Gasteiger partial charge is 0.344 e. The van der Waals surface area contributed by atoms with Crippen LogP contribution in [0.3, 0.4) is 0 Å². The summed E-state index contributed by atoms with van der Waals surface area (Å²) in [6, 6.07) is -2.70. The van der Waals surface area contributed by atoms with Crippen LogP contribution in [0.2, 0.25) is 0 Å². The van der Waals surface area contributed by atoms with Crippen molar-refractivity contribution in [2.75, 3.05) is 13.1 Å². The maximum Gasteiger partial charge on any atom is 0.413 e. The first-order valence-corrected chi connectivity index (χ1v) is 8.51. The van der Waals surface area contributed by atoms with Gasteiger partial charge in [-0.15, -0.1) is 0 Å². The number of aliphatic imine (C=N–C) groups is 1. The van der Waals surface area contributed by atoms with Gasteiger partial charge in [0.25, 0.3) is 0 Å². The minimum atomic E-state index is -4.43. The van der Waals surface area contributed by atoms with Crippen molar-refractivity contribution < 1.29 is 18.0 Å². The Morgan fingerprint density at radius 2 is 1.96 bits per heavy atom. The normalized spacial score (nSPS) is 36.1. The Bertz CT molecular complexity index is 672. The molecule has 136 valence electrons. The first-order valence-electron chi connectivity index (χ1n) is 8.51. The number of rotatable bonds is 3. The van der Waals surface area contributed by atoms with E-state index in [1.807, 2.05) is 0 Å². The molecule has 3 aliphatic heterocycles. The average Bonchev–Trinajstić information content (AvgIpc) is 2.87. The van der Waals surface area contributed by atoms with Crippen molar-refractivity contribution in [1.82, 2.24) is 15.5 Å². The van der Waals surface area contributed by atoms with E-state index in [4.69, 9.17) is 0 Å². The fourth-order valence-electron chi connectivity index (χ4n) is 4.26. The van der Waals surface area contributed by atoms with Crippen LogP contribution in [0.25, 0.3) is 0 Å². The van der Waals surface area contributed by atoms with E-state index >= 15 is 0 Å². The lowest BCUT2D eigenvalue weighted by atomic mass is 10.0. The molecule has 0 bridgehead atoms. The average molecular weight is 354 g/mol. The van der Waals surface area contributed by atoms with Crippen LogP contribution in [0.4, 0.5) is 13.2 Å². The molecule has 0 aromatic rings. The predicted octanol–water partition coefficient (Wildman–Crippen LogP) is 1.44. The number of nitrogens with one attached hydrogen (secondary N) is 2. The van der Waals surface area contributed by atoms with Crippen molar-refractivity contribution in [2.45, 2.75) is 37.6 Å². The number of carbonyl (C=O) groups is 1. The molecule has 1 saturated heterocycles. The van der Waals surface area contributed by atoms with Gasteiger partial charge in [0.15, 0.2) is 6.04 Å². The number of alkyl halides is 3. The Balaban J connectivity index is 1.55. The Morgan fingerprint density at radius 1 is 1.28 bits per heavy atom. The van der Waals surface area contributed by atoms with Crippen molar-refractivity contribution in [3.8, 4) is 0 Å². The topological polar surface area (TPSA) is 56.7 Å². The third-order valence-electron chi connectivity index (χ3n) is 5.54. The number of allylic oxidation sites excluding steroid dienone is 2. The SMILES string of the molecule is CC(C)(NC(=O)C1[C@H]2CNC[C@@H]12)C1=NC(C(F)(F)F)C2C=CC=CN12. The molecule has 0 spiro atoms. The van der Waals surface area contributed by atoms with Crippen LogP contribution in [0.1, 0.15) is 13.8 Å². The monoisotopic (exact) mass is 354 g/mol. The van der Waals surface area contributed by atoms with Crippen LogP contribution in [0.5, 0.6) is 0 Å². The highest BCUT2D eigenvalue weighted by atomic mass is 19.4. The third kappa shape index (κ3) is 2.67. The lowest BCUT2D eigenvalue weighted by Crippen LogP contribution is -2.56. The number of hydrogen-bond donors (Lipinski definition) is 2. The molecule has 0 aromatic carbocycles. The highest BCUT2D eigenvalue weighted by molar-refractivity contribution is 5.98. The van der Waals surface area contributed by atoms with Gasteiger partial charge in [-0.05, 0) is 44.8 Å². The van der Waals surface area contributed by atoms with E-state index in [9.17, 15) is 18.0 Å². The number of nitrogens with zero attached hydrogens (tertiary/aromatic N) is 2. The van der Waals surface area contributed by atoms with Crippen molar-refractivity contribution in [3.05, 3.63) is 24.4 Å². The quantitative estimate of drug-likeness (QED) is 0.807. The molecule has 4 rings (SSSR count). The number of halogens is 3. The summed E-state index contributed by atoms with van der Waals surface area (Å²) in [6.45, 7) is 5.09. The number of piperidine rings is 1. The highest BCUT2D eigenvalue weighted by Crippen LogP contribution is 2.49. The zero-order valence-corrected chi connectivity index (χ0v) is 14.0. The number of hydrogen-bond acceptors (Lipinski definition) is 4. The minimum Gasteiger partial charge on any atom is -0.344 e. The van der Waals surface area contributed by atoms with Gasteiger partial charge in [0.1, 0.15) is 5.84 Å². The maximum absolute atomic E-state index is 13.4. The second-order valence-electron chi connectivity index (χ2n) is 7.69. The molecular weight excluding hydrogens is 333 g/mol. The van der Waals surface area contributed by atoms with Gasteiger partial charge >= 0.3 is 6.18 Å². The molecule has 1 saturated carbocycles. The van der Waals surface area contributed by atoms with E-state index in [1.54, 1.807) is 32.2 Å². The van der Waals surface area contributed by atoms with Crippen LogP contribution in [-0.4, -0.2) is 53.5 Å². The number of fused-ring (bicyclic) bond motifs is 2. The molecule has 3 heterocycles. The summed E-state index contributed by atoms with van der Waals surface area (Å²) < 4.78 is 40.1. The van der Waals surface area contributed by atoms with Crippen LogP contribution < -0.4 is 10.6 Å². The van der Waals surface area contributed by atoms with Crippen molar-refractivity contribution in [2.24, 2.45) is 22.7 Å². The molecular formula is C17H21F3N4O. The first kappa shape index (κ1) is 16.6. The fraction of sp³-hybridized carbons (Fsp3) is 0.647. The van der Waals surface area contributed by atoms with Gasteiger partial charge in [0.2, 0.25) is 5.91 Å². The van der Waals surface area contributed by atoms with Gasteiger partial charge in [-0.2, -0.15) is 13.2 Å². The van der Waals surface area contributed by atoms with Crippen LogP contribution in [0, 0.1) is 17.8 Å². The Labute approximate surface area is 144 Å². The maximum atomic E-state index is 13.4. The Hall–Kier alpha value is -1.83. The third-order valence-corrected chi connectivity index (χ3v) is 5.54. The summed E-state index contributed by atoms with van der Waals surface area (Å²) in [6.07, 6.45) is 1.95. The molecule has 0 radical (unpaired) electrons. The molecule has 5 nitrogen and oxygen atoms in total. The van der Waals surface area contributed by atoms with E-state index in [0.29, 0.717) is 11.8 Å². The van der Waals surface area contributed by atoms with Gasteiger partial charge in [-0.3, -0.25) is 9.79 Å². The Kier molecular flexibility index (Phi) is 3.55. The molecule has 4 aliphatic rings. The van der Waals surface area contributed by atoms with Crippen LogP contribution in [-0.2, 0) is 4.79 Å². The van der Waals surface area contributed by atoms with Gasteiger partial charge in [-0.25, -0.2) is 0 Å². The van der Waals surface area contributed by atoms with Gasteiger partial charge in [-0.1, -0.05) is 12.2 Å². The van der Waals surface area contributed by atoms with E-state index in [-0.39, 0.29) is 17.7 Å². The van der Waals surface area contributed by atoms with Gasteiger partial charge in [0, 0.05) is 12.1 Å². The summed E-state index contributed by atoms with van der Waals surface area (Å²) in [7, 11) is 0. The van der Waals surface area contributed by atoms with Crippen LogP contribution >= 0.6 is 0 Å². The number of amides is 1. The van der Waals surface area contributed by atoms with Crippen molar-refractivity contribution in [3.63, 3.8) is 0 Å². The molecule has 1 aliphatic carbocycles. The standard InChI is InChI=1S/C17H21F3N4O/c1-16(2,23-14(25)12-9-7-21-8-10(9)12)15-22-13(17(18,19)20)11-5-3-4-6-24(11)15/h3-6,9-13,21H,7-8H2,1-2H3,(H,23,25)/t9-,10+,11?,12?,13?. The minimum absolute atomic E-state index is 0.0338. The summed E-state index contributed by atoms with van der Waals surface area (Å²) >= 11 is 0. The summed E-state index contributed by atoms with van der Waals surface area (Å²) in [5.41, 5.74) is -0.977. The van der Waals surface area contributed by atoms with E-state index < -0.39 is 23.8 Å². The Morgan fingerprint density at radius 3 is 2.60 bits per heavy atom. The molecule has 8 heteroatoms. The molecule has 5 atom stereocenters. The zero-order valence-electron chi connectivity index (χ0n) is 14.0. The molecule has 25 heavy (non-hydrogen) atoms. The molecule has 2 N–H and O–H groups in total. The fourth-order valence-corrected chi connectivity index (χ4v) is 4.26. The summed E-state index contributed by atoms with van der Waals surface area (Å²) in [4.78, 5) is 18.1. The second-order valence-corrected chi connectivity index (χ2v) is 7.69. The second kappa shape index (κ2) is 5.33. The summed E-state index contributed by atoms with van der Waals surface area (Å²) in [5, 5.41) is 6.16. The number of amidine groups is 1. The van der Waals surface area contributed by atoms with Gasteiger partial charge < -0.3 is 15.5 Å². The van der Waals surface area contributed by atoms with E-state index in [0.717, 1.165) is 13.1 Å². The molecule has 3 unspecified atom stereocenters. The van der Waals surface area contributed by atoms with Crippen molar-refractivity contribution >= 4 is 11.7 Å². The lowest BCUT2D eigenvalue weighted by Gasteiger charge is -2.34. The summed E-state index contributed by atoms with van der Waals surface area (Å²) in [5.74, 6) is 0.837. The van der Waals surface area contributed by atoms with Crippen LogP contribution in [0.15, 0.2) is 29.4 Å². The predicted molar refractivity (Wildman–Crippen MR) is 86.7 cm³/mol. The molecule has 2 fully saturated rings. The molecule has 1 amide bonds. The lowest BCUT2D eigenvalue weighted by molar-refractivity contribution is -0.150. The van der Waals surface area contributed by atoms with E-state index in [2.05, 4.69) is 15.6 Å². The van der Waals surface area contributed by atoms with E-state index in [1.165, 1.54) is 11.0 Å².